The van der Waals surface area contributed by atoms with Gasteiger partial charge in [-0.25, -0.2) is 14.6 Å². The van der Waals surface area contributed by atoms with Crippen LogP contribution in [0.3, 0.4) is 0 Å². The average molecular weight is 442 g/mol. The Balaban J connectivity index is 1.66. The molecule has 1 saturated heterocycles. The Morgan fingerprint density at radius 1 is 1.19 bits per heavy atom. The van der Waals surface area contributed by atoms with E-state index in [0.29, 0.717) is 41.1 Å². The first kappa shape index (κ1) is 21.1. The van der Waals surface area contributed by atoms with Gasteiger partial charge in [0.1, 0.15) is 16.0 Å². The molecule has 10 heteroatoms. The van der Waals surface area contributed by atoms with Gasteiger partial charge in [-0.3, -0.25) is 10.3 Å². The smallest absolute Gasteiger partial charge is 0.443 e. The molecule has 1 N–H and O–H groups in total. The topological polar surface area (TPSA) is 113 Å². The van der Waals surface area contributed by atoms with Crippen molar-refractivity contribution >= 4 is 33.7 Å². The molecule has 0 saturated carbocycles. The summed E-state index contributed by atoms with van der Waals surface area (Å²) in [7, 11) is 0. The zero-order chi connectivity index (χ0) is 22.1. The number of carbonyl (C=O) groups is 2. The van der Waals surface area contributed by atoms with Gasteiger partial charge in [-0.2, -0.15) is 4.98 Å². The fourth-order valence-corrected chi connectivity index (χ4v) is 3.88. The van der Waals surface area contributed by atoms with E-state index in [1.165, 1.54) is 11.3 Å². The molecule has 4 rings (SSSR count). The molecule has 0 unspecified atom stereocenters. The quantitative estimate of drug-likeness (QED) is 0.477. The lowest BCUT2D eigenvalue weighted by Gasteiger charge is -2.27. The predicted molar refractivity (Wildman–Crippen MR) is 114 cm³/mol. The lowest BCUT2D eigenvalue weighted by molar-refractivity contribution is -0.161. The first-order valence-electron chi connectivity index (χ1n) is 9.82. The molecule has 1 aliphatic rings. The number of pyridine rings is 1. The molecule has 0 aliphatic carbocycles. The lowest BCUT2D eigenvalue weighted by atomic mass is 10.1. The lowest BCUT2D eigenvalue weighted by Crippen LogP contribution is -2.54. The second kappa shape index (κ2) is 8.20. The molecule has 31 heavy (non-hydrogen) atoms. The highest BCUT2D eigenvalue weighted by Gasteiger charge is 2.47. The number of nitrogens with one attached hydrogen (secondary N) is 1. The molecule has 162 valence electrons. The average Bonchev–Trinajstić information content (AvgIpc) is 3.37. The van der Waals surface area contributed by atoms with Gasteiger partial charge in [-0.15, -0.1) is 11.3 Å². The molecule has 0 aromatic carbocycles. The molecule has 1 atom stereocenters. The maximum absolute atomic E-state index is 12.9. The molecule has 1 fully saturated rings. The number of hydrogen-bond donors (Lipinski definition) is 1. The Kier molecular flexibility index (Phi) is 5.59. The van der Waals surface area contributed by atoms with Crippen molar-refractivity contribution in [3.05, 3.63) is 35.8 Å². The maximum Gasteiger partial charge on any atom is 0.516 e. The van der Waals surface area contributed by atoms with Gasteiger partial charge in [0.2, 0.25) is 5.88 Å². The van der Waals surface area contributed by atoms with E-state index in [-0.39, 0.29) is 5.88 Å². The van der Waals surface area contributed by atoms with Gasteiger partial charge < -0.3 is 14.2 Å². The summed E-state index contributed by atoms with van der Waals surface area (Å²) >= 11 is 1.39. The number of esters is 1. The van der Waals surface area contributed by atoms with Crippen LogP contribution in [0.15, 0.2) is 35.8 Å². The fourth-order valence-electron chi connectivity index (χ4n) is 3.13. The van der Waals surface area contributed by atoms with Crippen LogP contribution in [0.1, 0.15) is 33.6 Å². The zero-order valence-electron chi connectivity index (χ0n) is 17.4. The molecule has 0 amide bonds. The molecule has 9 nitrogen and oxygen atoms in total. The molecular formula is C21H22N4O5S. The van der Waals surface area contributed by atoms with Crippen molar-refractivity contribution in [3.63, 3.8) is 0 Å². The van der Waals surface area contributed by atoms with Crippen LogP contribution in [-0.2, 0) is 14.3 Å². The highest BCUT2D eigenvalue weighted by molar-refractivity contribution is 7.17. The predicted octanol–water partition coefficient (Wildman–Crippen LogP) is 3.69. The van der Waals surface area contributed by atoms with Crippen LogP contribution in [0, 0.1) is 0 Å². The Bertz CT molecular complexity index is 1100. The van der Waals surface area contributed by atoms with E-state index in [0.717, 1.165) is 0 Å². The molecular weight excluding hydrogens is 420 g/mol. The second-order valence-electron chi connectivity index (χ2n) is 8.02. The van der Waals surface area contributed by atoms with Gasteiger partial charge in [-0.05, 0) is 57.3 Å². The maximum atomic E-state index is 12.9. The van der Waals surface area contributed by atoms with E-state index >= 15 is 0 Å². The molecule has 0 bridgehead atoms. The summed E-state index contributed by atoms with van der Waals surface area (Å²) in [5.74, 6) is -0.284. The van der Waals surface area contributed by atoms with Crippen LogP contribution in [0.5, 0.6) is 5.88 Å². The first-order chi connectivity index (χ1) is 14.8. The summed E-state index contributed by atoms with van der Waals surface area (Å²) in [4.78, 5) is 38.3. The number of aromatic nitrogens is 3. The van der Waals surface area contributed by atoms with Crippen molar-refractivity contribution in [1.29, 1.82) is 0 Å². The number of fused-ring (bicyclic) bond motifs is 1. The third kappa shape index (κ3) is 4.64. The van der Waals surface area contributed by atoms with E-state index in [1.54, 1.807) is 39.1 Å². The molecule has 3 aromatic heterocycles. The number of thiophene rings is 1. The number of hydrogen-bond acceptors (Lipinski definition) is 10. The van der Waals surface area contributed by atoms with Gasteiger partial charge >= 0.3 is 12.1 Å². The SMILES string of the molecule is CC(C)(C)OC(=O)OC(=O)[C@]1(Oc2nc(-c3ccccn3)nc3ccsc23)CCCN1. The summed E-state index contributed by atoms with van der Waals surface area (Å²) < 4.78 is 16.9. The minimum absolute atomic E-state index is 0.219. The summed E-state index contributed by atoms with van der Waals surface area (Å²) in [5, 5.41) is 4.89. The minimum Gasteiger partial charge on any atom is -0.443 e. The first-order valence-corrected chi connectivity index (χ1v) is 10.7. The Morgan fingerprint density at radius 3 is 2.71 bits per heavy atom. The highest BCUT2D eigenvalue weighted by atomic mass is 32.1. The monoisotopic (exact) mass is 442 g/mol. The van der Waals surface area contributed by atoms with Crippen molar-refractivity contribution in [2.75, 3.05) is 6.54 Å². The Labute approximate surface area is 182 Å². The van der Waals surface area contributed by atoms with E-state index in [9.17, 15) is 9.59 Å². The highest BCUT2D eigenvalue weighted by Crippen LogP contribution is 2.34. The zero-order valence-corrected chi connectivity index (χ0v) is 18.2. The molecule has 0 spiro atoms. The van der Waals surface area contributed by atoms with E-state index in [4.69, 9.17) is 14.2 Å². The summed E-state index contributed by atoms with van der Waals surface area (Å²) in [6.07, 6.45) is 1.54. The standard InChI is InChI=1S/C21H22N4O5S/c1-20(2,3)30-19(27)28-18(26)21(9-6-11-23-21)29-17-15-13(8-12-31-15)24-16(25-17)14-7-4-5-10-22-14/h4-5,7-8,10,12,23H,6,9,11H2,1-3H3/t21-/m1/s1. The van der Waals surface area contributed by atoms with Gasteiger partial charge in [0.05, 0.1) is 5.52 Å². The Morgan fingerprint density at radius 2 is 2.03 bits per heavy atom. The third-order valence-corrected chi connectivity index (χ3v) is 5.34. The van der Waals surface area contributed by atoms with Gasteiger partial charge in [0.25, 0.3) is 5.72 Å². The van der Waals surface area contributed by atoms with Crippen molar-refractivity contribution in [3.8, 4) is 17.4 Å². The molecule has 1 aliphatic heterocycles. The van der Waals surface area contributed by atoms with Crippen LogP contribution >= 0.6 is 11.3 Å². The van der Waals surface area contributed by atoms with E-state index < -0.39 is 23.5 Å². The fraction of sp³-hybridized carbons (Fsp3) is 0.381. The van der Waals surface area contributed by atoms with Crippen molar-refractivity contribution < 1.29 is 23.8 Å². The van der Waals surface area contributed by atoms with Gasteiger partial charge in [-0.1, -0.05) is 6.07 Å². The van der Waals surface area contributed by atoms with E-state index in [2.05, 4.69) is 20.3 Å². The number of rotatable bonds is 4. The Hall–Kier alpha value is -3.11. The van der Waals surface area contributed by atoms with Crippen LogP contribution < -0.4 is 10.1 Å². The minimum atomic E-state index is -1.55. The molecule has 3 aromatic rings. The number of carbonyl (C=O) groups excluding carboxylic acids is 2. The number of nitrogens with zero attached hydrogens (tertiary/aromatic N) is 3. The van der Waals surface area contributed by atoms with Crippen molar-refractivity contribution in [2.24, 2.45) is 0 Å². The summed E-state index contributed by atoms with van der Waals surface area (Å²) in [6, 6.07) is 7.27. The van der Waals surface area contributed by atoms with Gasteiger partial charge in [0, 0.05) is 12.6 Å². The van der Waals surface area contributed by atoms with Crippen molar-refractivity contribution in [2.45, 2.75) is 44.9 Å². The van der Waals surface area contributed by atoms with Crippen LogP contribution in [0.2, 0.25) is 0 Å². The summed E-state index contributed by atoms with van der Waals surface area (Å²) in [5.41, 5.74) is -1.10. The van der Waals surface area contributed by atoms with Crippen LogP contribution in [0.4, 0.5) is 4.79 Å². The van der Waals surface area contributed by atoms with Crippen molar-refractivity contribution in [1.82, 2.24) is 20.3 Å². The van der Waals surface area contributed by atoms with Crippen LogP contribution in [0.25, 0.3) is 21.7 Å². The summed E-state index contributed by atoms with van der Waals surface area (Å²) in [6.45, 7) is 5.58. The largest absolute Gasteiger partial charge is 0.516 e. The van der Waals surface area contributed by atoms with Crippen LogP contribution in [-0.4, -0.2) is 44.9 Å². The van der Waals surface area contributed by atoms with Gasteiger partial charge in [0.15, 0.2) is 5.82 Å². The third-order valence-electron chi connectivity index (χ3n) is 4.45. The molecule has 0 radical (unpaired) electrons. The molecule has 4 heterocycles. The second-order valence-corrected chi connectivity index (χ2v) is 8.93. The number of ether oxygens (including phenoxy) is 3. The normalized spacial score (nSPS) is 18.7. The van der Waals surface area contributed by atoms with E-state index in [1.807, 2.05) is 17.5 Å².